The number of amides is 1. The number of nitrogens with zero attached hydrogens (tertiary/aromatic N) is 1. The van der Waals surface area contributed by atoms with Gasteiger partial charge in [-0.1, -0.05) is 29.8 Å². The molecule has 0 bridgehead atoms. The summed E-state index contributed by atoms with van der Waals surface area (Å²) in [5.41, 5.74) is 1.29. The first-order valence-electron chi connectivity index (χ1n) is 7.02. The van der Waals surface area contributed by atoms with Crippen molar-refractivity contribution >= 4 is 29.0 Å². The first-order valence-corrected chi connectivity index (χ1v) is 7.40. The molecule has 5 heteroatoms. The zero-order chi connectivity index (χ0) is 16.8. The highest BCUT2D eigenvalue weighted by atomic mass is 35.5. The smallest absolute Gasteiger partial charge is 0.255 e. The first kappa shape index (κ1) is 16.8. The molecule has 0 spiro atoms. The summed E-state index contributed by atoms with van der Waals surface area (Å²) >= 11 is 5.98. The van der Waals surface area contributed by atoms with Gasteiger partial charge in [-0.3, -0.25) is 9.59 Å². The van der Waals surface area contributed by atoms with Crippen LogP contribution in [-0.2, 0) is 0 Å². The summed E-state index contributed by atoms with van der Waals surface area (Å²) in [4.78, 5) is 26.3. The molecular formula is C18H17ClN2O2. The lowest BCUT2D eigenvalue weighted by molar-refractivity contribution is 0.102. The van der Waals surface area contributed by atoms with Crippen LogP contribution in [0.15, 0.2) is 60.8 Å². The van der Waals surface area contributed by atoms with Gasteiger partial charge in [0.05, 0.1) is 5.69 Å². The summed E-state index contributed by atoms with van der Waals surface area (Å²) in [5, 5.41) is 3.19. The van der Waals surface area contributed by atoms with Gasteiger partial charge in [0.1, 0.15) is 0 Å². The number of carbonyl (C=O) groups is 2. The van der Waals surface area contributed by atoms with E-state index in [1.54, 1.807) is 53.6 Å². The summed E-state index contributed by atoms with van der Waals surface area (Å²) < 4.78 is 0. The Hall–Kier alpha value is -2.59. The van der Waals surface area contributed by atoms with Gasteiger partial charge in [-0.05, 0) is 30.3 Å². The van der Waals surface area contributed by atoms with Gasteiger partial charge in [0.2, 0.25) is 0 Å². The van der Waals surface area contributed by atoms with Gasteiger partial charge in [0, 0.05) is 42.5 Å². The molecule has 23 heavy (non-hydrogen) atoms. The number of ketones is 1. The molecule has 0 saturated carbocycles. The van der Waals surface area contributed by atoms with Crippen LogP contribution in [-0.4, -0.2) is 30.7 Å². The van der Waals surface area contributed by atoms with Gasteiger partial charge in [0.15, 0.2) is 5.78 Å². The van der Waals surface area contributed by atoms with Crippen LogP contribution in [0.25, 0.3) is 0 Å². The van der Waals surface area contributed by atoms with Crippen molar-refractivity contribution in [2.75, 3.05) is 19.4 Å². The van der Waals surface area contributed by atoms with Gasteiger partial charge >= 0.3 is 0 Å². The molecule has 0 unspecified atom stereocenters. The fourth-order valence-electron chi connectivity index (χ4n) is 1.92. The Morgan fingerprint density at radius 3 is 2.43 bits per heavy atom. The fraction of sp³-hybridized carbons (Fsp3) is 0.111. The van der Waals surface area contributed by atoms with Crippen LogP contribution in [0, 0.1) is 0 Å². The minimum atomic E-state index is -0.279. The Morgan fingerprint density at radius 2 is 1.78 bits per heavy atom. The largest absolute Gasteiger partial charge is 0.383 e. The number of anilines is 1. The van der Waals surface area contributed by atoms with Crippen LogP contribution in [0.3, 0.4) is 0 Å². The lowest BCUT2D eigenvalue weighted by Crippen LogP contribution is -2.14. The number of nitrogens with one attached hydrogen (secondary N) is 1. The summed E-state index contributed by atoms with van der Waals surface area (Å²) in [5.74, 6) is -0.511. The third-order valence-electron chi connectivity index (χ3n) is 3.06. The predicted molar refractivity (Wildman–Crippen MR) is 93.0 cm³/mol. The number of benzene rings is 2. The summed E-state index contributed by atoms with van der Waals surface area (Å²) in [6, 6.07) is 13.6. The van der Waals surface area contributed by atoms with E-state index >= 15 is 0 Å². The molecule has 0 aliphatic heterocycles. The molecule has 118 valence electrons. The minimum absolute atomic E-state index is 0.232. The lowest BCUT2D eigenvalue weighted by atomic mass is 10.1. The van der Waals surface area contributed by atoms with E-state index in [0.29, 0.717) is 21.8 Å². The molecule has 0 aliphatic carbocycles. The summed E-state index contributed by atoms with van der Waals surface area (Å²) in [6.07, 6.45) is 3.08. The Kier molecular flexibility index (Phi) is 5.55. The maximum Gasteiger partial charge on any atom is 0.255 e. The highest BCUT2D eigenvalue weighted by Gasteiger charge is 2.13. The Morgan fingerprint density at radius 1 is 1.09 bits per heavy atom. The standard InChI is InChI=1S/C18H17ClN2O2/c1-21(2)11-10-17(22)15-12-14(19)8-9-16(15)20-18(23)13-6-4-3-5-7-13/h3-12H,1-2H3,(H,20,23)/b11-10+. The van der Waals surface area contributed by atoms with Gasteiger partial charge in [-0.15, -0.1) is 0 Å². The van der Waals surface area contributed by atoms with Gasteiger partial charge < -0.3 is 10.2 Å². The number of rotatable bonds is 5. The Balaban J connectivity index is 2.28. The summed E-state index contributed by atoms with van der Waals surface area (Å²) in [6.45, 7) is 0. The van der Waals surface area contributed by atoms with Crippen molar-refractivity contribution in [1.82, 2.24) is 4.90 Å². The molecule has 0 atom stereocenters. The molecule has 2 rings (SSSR count). The second-order valence-electron chi connectivity index (χ2n) is 5.15. The van der Waals surface area contributed by atoms with Crippen LogP contribution in [0.4, 0.5) is 5.69 Å². The molecular weight excluding hydrogens is 312 g/mol. The molecule has 0 fully saturated rings. The average molecular weight is 329 g/mol. The quantitative estimate of drug-likeness (QED) is 0.670. The maximum atomic E-state index is 12.3. The number of carbonyl (C=O) groups excluding carboxylic acids is 2. The van der Waals surface area contributed by atoms with Crippen molar-refractivity contribution < 1.29 is 9.59 Å². The van der Waals surface area contributed by atoms with Crippen molar-refractivity contribution in [2.24, 2.45) is 0 Å². The van der Waals surface area contributed by atoms with Crippen molar-refractivity contribution in [2.45, 2.75) is 0 Å². The molecule has 1 N–H and O–H groups in total. The monoisotopic (exact) mass is 328 g/mol. The van der Waals surface area contributed by atoms with E-state index in [1.807, 2.05) is 20.2 Å². The highest BCUT2D eigenvalue weighted by molar-refractivity contribution is 6.31. The van der Waals surface area contributed by atoms with E-state index in [2.05, 4.69) is 5.32 Å². The molecule has 0 radical (unpaired) electrons. The topological polar surface area (TPSA) is 49.4 Å². The van der Waals surface area contributed by atoms with Crippen molar-refractivity contribution in [1.29, 1.82) is 0 Å². The van der Waals surface area contributed by atoms with E-state index < -0.39 is 0 Å². The summed E-state index contributed by atoms with van der Waals surface area (Å²) in [7, 11) is 3.64. The van der Waals surface area contributed by atoms with Crippen LogP contribution < -0.4 is 5.32 Å². The van der Waals surface area contributed by atoms with Crippen molar-refractivity contribution in [3.8, 4) is 0 Å². The van der Waals surface area contributed by atoms with E-state index in [9.17, 15) is 9.59 Å². The zero-order valence-corrected chi connectivity index (χ0v) is 13.7. The van der Waals surface area contributed by atoms with Crippen LogP contribution >= 0.6 is 11.6 Å². The molecule has 1 amide bonds. The molecule has 0 heterocycles. The second-order valence-corrected chi connectivity index (χ2v) is 5.59. The Bertz CT molecular complexity index is 740. The van der Waals surface area contributed by atoms with E-state index in [0.717, 1.165) is 0 Å². The number of hydrogen-bond acceptors (Lipinski definition) is 3. The van der Waals surface area contributed by atoms with Gasteiger partial charge in [0.25, 0.3) is 5.91 Å². The molecule has 0 aliphatic rings. The zero-order valence-electron chi connectivity index (χ0n) is 12.9. The third kappa shape index (κ3) is 4.69. The fourth-order valence-corrected chi connectivity index (χ4v) is 2.09. The van der Waals surface area contributed by atoms with Crippen LogP contribution in [0.2, 0.25) is 5.02 Å². The molecule has 2 aromatic carbocycles. The second kappa shape index (κ2) is 7.61. The molecule has 0 saturated heterocycles. The van der Waals surface area contributed by atoms with Crippen molar-refractivity contribution in [3.05, 3.63) is 77.0 Å². The number of halogens is 1. The van der Waals surface area contributed by atoms with E-state index in [-0.39, 0.29) is 11.7 Å². The third-order valence-corrected chi connectivity index (χ3v) is 3.29. The van der Waals surface area contributed by atoms with Crippen LogP contribution in [0.1, 0.15) is 20.7 Å². The van der Waals surface area contributed by atoms with E-state index in [1.165, 1.54) is 6.08 Å². The normalized spacial score (nSPS) is 10.6. The first-order chi connectivity index (χ1) is 11.0. The van der Waals surface area contributed by atoms with Crippen molar-refractivity contribution in [3.63, 3.8) is 0 Å². The van der Waals surface area contributed by atoms with Gasteiger partial charge in [-0.2, -0.15) is 0 Å². The molecule has 2 aromatic rings. The van der Waals surface area contributed by atoms with Gasteiger partial charge in [-0.25, -0.2) is 0 Å². The molecule has 4 nitrogen and oxygen atoms in total. The lowest BCUT2D eigenvalue weighted by Gasteiger charge is -2.10. The SMILES string of the molecule is CN(C)/C=C/C(=O)c1cc(Cl)ccc1NC(=O)c1ccccc1. The number of allylic oxidation sites excluding steroid dienone is 1. The number of hydrogen-bond donors (Lipinski definition) is 1. The predicted octanol–water partition coefficient (Wildman–Crippen LogP) is 3.85. The van der Waals surface area contributed by atoms with Crippen LogP contribution in [0.5, 0.6) is 0 Å². The molecule has 0 aromatic heterocycles. The Labute approximate surface area is 140 Å². The average Bonchev–Trinajstić information content (AvgIpc) is 2.55. The maximum absolute atomic E-state index is 12.3. The minimum Gasteiger partial charge on any atom is -0.383 e. The highest BCUT2D eigenvalue weighted by Crippen LogP contribution is 2.22. The van der Waals surface area contributed by atoms with E-state index in [4.69, 9.17) is 11.6 Å².